The third-order valence-corrected chi connectivity index (χ3v) is 6.64. The third kappa shape index (κ3) is 3.51. The van der Waals surface area contributed by atoms with E-state index < -0.39 is 15.6 Å². The summed E-state index contributed by atoms with van der Waals surface area (Å²) in [5.41, 5.74) is -0.728. The van der Waals surface area contributed by atoms with Crippen LogP contribution in [-0.4, -0.2) is 43.9 Å². The summed E-state index contributed by atoms with van der Waals surface area (Å²) in [4.78, 5) is 25.7. The van der Waals surface area contributed by atoms with E-state index in [1.54, 1.807) is 12.1 Å². The Bertz CT molecular complexity index is 790. The van der Waals surface area contributed by atoms with Crippen molar-refractivity contribution < 1.29 is 18.0 Å². The Balaban J connectivity index is 1.54. The Morgan fingerprint density at radius 3 is 2.56 bits per heavy atom. The molecule has 1 heterocycles. The molecule has 3 amide bonds. The molecule has 0 atom stereocenters. The summed E-state index contributed by atoms with van der Waals surface area (Å²) >= 11 is 5.91. The second-order valence-electron chi connectivity index (χ2n) is 6.36. The van der Waals surface area contributed by atoms with Crippen molar-refractivity contribution in [2.24, 2.45) is 0 Å². The molecule has 0 bridgehead atoms. The molecule has 136 valence electrons. The first-order valence-electron chi connectivity index (χ1n) is 8.24. The number of halogens is 1. The second kappa shape index (κ2) is 6.93. The number of amides is 3. The first-order valence-corrected chi connectivity index (χ1v) is 10.1. The molecule has 0 unspecified atom stereocenters. The van der Waals surface area contributed by atoms with E-state index in [2.05, 4.69) is 10.0 Å². The van der Waals surface area contributed by atoms with E-state index >= 15 is 0 Å². The van der Waals surface area contributed by atoms with Crippen LogP contribution in [0.3, 0.4) is 0 Å². The lowest BCUT2D eigenvalue weighted by molar-refractivity contribution is -0.131. The van der Waals surface area contributed by atoms with Crippen LogP contribution in [-0.2, 0) is 14.8 Å². The van der Waals surface area contributed by atoms with Crippen LogP contribution in [0, 0.1) is 0 Å². The SMILES string of the molecule is O=C1NC2(CCCC2)C(=O)N1CCCNS(=O)(=O)c1ccccc1Cl. The zero-order valence-electron chi connectivity index (χ0n) is 13.6. The Morgan fingerprint density at radius 2 is 1.88 bits per heavy atom. The first kappa shape index (κ1) is 18.2. The monoisotopic (exact) mass is 385 g/mol. The molecule has 2 N–H and O–H groups in total. The molecule has 1 spiro atoms. The highest BCUT2D eigenvalue weighted by Crippen LogP contribution is 2.35. The number of rotatable bonds is 6. The Labute approximate surface area is 151 Å². The number of hydrogen-bond donors (Lipinski definition) is 2. The van der Waals surface area contributed by atoms with Gasteiger partial charge in [0.1, 0.15) is 10.4 Å². The second-order valence-corrected chi connectivity index (χ2v) is 8.50. The summed E-state index contributed by atoms with van der Waals surface area (Å²) in [5, 5.41) is 2.95. The van der Waals surface area contributed by atoms with Crippen molar-refractivity contribution in [3.63, 3.8) is 0 Å². The van der Waals surface area contributed by atoms with Crippen LogP contribution in [0.5, 0.6) is 0 Å². The van der Waals surface area contributed by atoms with Gasteiger partial charge in [-0.25, -0.2) is 17.9 Å². The van der Waals surface area contributed by atoms with E-state index in [1.165, 1.54) is 17.0 Å². The largest absolute Gasteiger partial charge is 0.325 e. The number of hydrogen-bond acceptors (Lipinski definition) is 4. The fraction of sp³-hybridized carbons (Fsp3) is 0.500. The average molecular weight is 386 g/mol. The number of imide groups is 1. The van der Waals surface area contributed by atoms with Crippen molar-refractivity contribution in [2.75, 3.05) is 13.1 Å². The van der Waals surface area contributed by atoms with Gasteiger partial charge in [0, 0.05) is 13.1 Å². The number of nitrogens with one attached hydrogen (secondary N) is 2. The van der Waals surface area contributed by atoms with Gasteiger partial charge in [-0.05, 0) is 31.4 Å². The summed E-state index contributed by atoms with van der Waals surface area (Å²) in [6, 6.07) is 5.78. The summed E-state index contributed by atoms with van der Waals surface area (Å²) in [7, 11) is -3.72. The molecule has 1 aliphatic carbocycles. The van der Waals surface area contributed by atoms with Gasteiger partial charge in [-0.2, -0.15) is 0 Å². The third-order valence-electron chi connectivity index (χ3n) is 4.68. The van der Waals surface area contributed by atoms with Crippen molar-refractivity contribution in [1.29, 1.82) is 0 Å². The van der Waals surface area contributed by atoms with Crippen LogP contribution in [0.1, 0.15) is 32.1 Å². The number of carbonyl (C=O) groups is 2. The molecule has 1 aromatic rings. The molecule has 0 aromatic heterocycles. The molecular weight excluding hydrogens is 366 g/mol. The zero-order valence-corrected chi connectivity index (χ0v) is 15.2. The van der Waals surface area contributed by atoms with Gasteiger partial charge >= 0.3 is 6.03 Å². The molecule has 1 saturated carbocycles. The quantitative estimate of drug-likeness (QED) is 0.577. The Hall–Kier alpha value is -1.64. The van der Waals surface area contributed by atoms with Gasteiger partial charge in [-0.3, -0.25) is 9.69 Å². The Kier molecular flexibility index (Phi) is 5.04. The summed E-state index contributed by atoms with van der Waals surface area (Å²) in [6.45, 7) is 0.287. The maximum absolute atomic E-state index is 12.5. The fourth-order valence-corrected chi connectivity index (χ4v) is 4.97. The Morgan fingerprint density at radius 1 is 1.20 bits per heavy atom. The van der Waals surface area contributed by atoms with Gasteiger partial charge in [0.2, 0.25) is 10.0 Å². The topological polar surface area (TPSA) is 95.6 Å². The minimum Gasteiger partial charge on any atom is -0.323 e. The maximum Gasteiger partial charge on any atom is 0.325 e. The van der Waals surface area contributed by atoms with E-state index in [-0.39, 0.29) is 34.9 Å². The van der Waals surface area contributed by atoms with Crippen molar-refractivity contribution >= 4 is 33.6 Å². The van der Waals surface area contributed by atoms with Gasteiger partial charge < -0.3 is 5.32 Å². The molecule has 1 aromatic carbocycles. The van der Waals surface area contributed by atoms with Crippen LogP contribution in [0.2, 0.25) is 5.02 Å². The fourth-order valence-electron chi connectivity index (χ4n) is 3.38. The lowest BCUT2D eigenvalue weighted by Crippen LogP contribution is -2.44. The normalized spacial score (nSPS) is 19.6. The lowest BCUT2D eigenvalue weighted by atomic mass is 9.98. The minimum atomic E-state index is -3.72. The highest BCUT2D eigenvalue weighted by atomic mass is 35.5. The van der Waals surface area contributed by atoms with Crippen LogP contribution in [0.15, 0.2) is 29.2 Å². The highest BCUT2D eigenvalue weighted by Gasteiger charge is 2.51. The molecule has 2 aliphatic rings. The van der Waals surface area contributed by atoms with E-state index in [4.69, 9.17) is 11.6 Å². The minimum absolute atomic E-state index is 0.0107. The number of carbonyl (C=O) groups excluding carboxylic acids is 2. The molecule has 9 heteroatoms. The van der Waals surface area contributed by atoms with Crippen LogP contribution in [0.25, 0.3) is 0 Å². The number of sulfonamides is 1. The smallest absolute Gasteiger partial charge is 0.323 e. The molecular formula is C16H20ClN3O4S. The van der Waals surface area contributed by atoms with E-state index in [0.717, 1.165) is 12.8 Å². The number of urea groups is 1. The van der Waals surface area contributed by atoms with Crippen LogP contribution < -0.4 is 10.0 Å². The predicted molar refractivity (Wildman–Crippen MR) is 92.7 cm³/mol. The van der Waals surface area contributed by atoms with Gasteiger partial charge in [0.25, 0.3) is 5.91 Å². The summed E-state index contributed by atoms with van der Waals surface area (Å²) < 4.78 is 26.9. The average Bonchev–Trinajstić information content (AvgIpc) is 3.12. The first-order chi connectivity index (χ1) is 11.9. The van der Waals surface area contributed by atoms with E-state index in [0.29, 0.717) is 19.3 Å². The molecule has 0 radical (unpaired) electrons. The summed E-state index contributed by atoms with van der Waals surface area (Å²) in [6.07, 6.45) is 3.54. The van der Waals surface area contributed by atoms with Crippen molar-refractivity contribution in [1.82, 2.24) is 14.9 Å². The van der Waals surface area contributed by atoms with Crippen molar-refractivity contribution in [3.8, 4) is 0 Å². The van der Waals surface area contributed by atoms with Gasteiger partial charge in [0.15, 0.2) is 0 Å². The van der Waals surface area contributed by atoms with Gasteiger partial charge in [0.05, 0.1) is 5.02 Å². The van der Waals surface area contributed by atoms with Crippen molar-refractivity contribution in [2.45, 2.75) is 42.5 Å². The molecule has 2 fully saturated rings. The molecule has 1 aliphatic heterocycles. The zero-order chi connectivity index (χ0) is 18.1. The van der Waals surface area contributed by atoms with Crippen LogP contribution in [0.4, 0.5) is 4.79 Å². The van der Waals surface area contributed by atoms with E-state index in [9.17, 15) is 18.0 Å². The standard InChI is InChI=1S/C16H20ClN3O4S/c17-12-6-1-2-7-13(12)25(23,24)18-10-5-11-20-14(21)16(19-15(20)22)8-3-4-9-16/h1-2,6-7,18H,3-5,8-11H2,(H,19,22). The highest BCUT2D eigenvalue weighted by molar-refractivity contribution is 7.89. The maximum atomic E-state index is 12.5. The lowest BCUT2D eigenvalue weighted by Gasteiger charge is -2.20. The number of nitrogens with zero attached hydrogens (tertiary/aromatic N) is 1. The van der Waals surface area contributed by atoms with Gasteiger partial charge in [-0.1, -0.05) is 36.6 Å². The summed E-state index contributed by atoms with van der Waals surface area (Å²) in [5.74, 6) is -0.191. The van der Waals surface area contributed by atoms with Crippen LogP contribution >= 0.6 is 11.6 Å². The van der Waals surface area contributed by atoms with Gasteiger partial charge in [-0.15, -0.1) is 0 Å². The molecule has 3 rings (SSSR count). The molecule has 1 saturated heterocycles. The number of benzene rings is 1. The molecule has 7 nitrogen and oxygen atoms in total. The van der Waals surface area contributed by atoms with E-state index in [1.807, 2.05) is 0 Å². The van der Waals surface area contributed by atoms with Crippen molar-refractivity contribution in [3.05, 3.63) is 29.3 Å². The molecule has 25 heavy (non-hydrogen) atoms. The predicted octanol–water partition coefficient (Wildman–Crippen LogP) is 1.87.